The molecule has 0 bridgehead atoms. The minimum atomic E-state index is -1.06. The van der Waals surface area contributed by atoms with Crippen molar-refractivity contribution in [1.82, 2.24) is 9.80 Å². The molecular weight excluding hydrogens is 271 g/mol. The van der Waals surface area contributed by atoms with Crippen molar-refractivity contribution in [2.75, 3.05) is 32.7 Å². The van der Waals surface area contributed by atoms with Crippen LogP contribution in [0.5, 0.6) is 0 Å². The van der Waals surface area contributed by atoms with Crippen LogP contribution in [0, 0.1) is 11.7 Å². The molecule has 0 radical (unpaired) electrons. The molecule has 21 heavy (non-hydrogen) atoms. The second kappa shape index (κ2) is 6.12. The lowest BCUT2D eigenvalue weighted by molar-refractivity contribution is 0.0692. The highest BCUT2D eigenvalue weighted by atomic mass is 19.1. The van der Waals surface area contributed by atoms with E-state index in [0.29, 0.717) is 12.1 Å². The van der Waals surface area contributed by atoms with E-state index in [1.807, 2.05) is 0 Å². The van der Waals surface area contributed by atoms with Gasteiger partial charge in [-0.1, -0.05) is 6.07 Å². The van der Waals surface area contributed by atoms with Crippen LogP contribution in [0.25, 0.3) is 0 Å². The van der Waals surface area contributed by atoms with Gasteiger partial charge in [-0.05, 0) is 36.5 Å². The van der Waals surface area contributed by atoms with E-state index in [9.17, 15) is 14.3 Å². The predicted molar refractivity (Wildman–Crippen MR) is 77.8 cm³/mol. The third kappa shape index (κ3) is 3.80. The molecule has 1 heterocycles. The molecule has 4 nitrogen and oxygen atoms in total. The van der Waals surface area contributed by atoms with Gasteiger partial charge in [0.2, 0.25) is 0 Å². The third-order valence-corrected chi connectivity index (χ3v) is 4.37. The normalized spacial score (nSPS) is 20.6. The van der Waals surface area contributed by atoms with E-state index >= 15 is 0 Å². The summed E-state index contributed by atoms with van der Waals surface area (Å²) in [7, 11) is 0. The lowest BCUT2D eigenvalue weighted by Gasteiger charge is -2.35. The van der Waals surface area contributed by atoms with Crippen molar-refractivity contribution in [3.8, 4) is 0 Å². The van der Waals surface area contributed by atoms with Gasteiger partial charge in [-0.2, -0.15) is 0 Å². The first-order valence-electron chi connectivity index (χ1n) is 7.58. The number of aromatic carboxylic acids is 1. The van der Waals surface area contributed by atoms with Crippen LogP contribution in [-0.2, 0) is 6.54 Å². The Hall–Kier alpha value is -1.46. The van der Waals surface area contributed by atoms with Gasteiger partial charge < -0.3 is 10.0 Å². The van der Waals surface area contributed by atoms with Gasteiger partial charge in [0.05, 0.1) is 5.56 Å². The number of hydrogen-bond donors (Lipinski definition) is 1. The van der Waals surface area contributed by atoms with Crippen LogP contribution in [-0.4, -0.2) is 53.6 Å². The van der Waals surface area contributed by atoms with Crippen molar-refractivity contribution in [2.45, 2.75) is 19.4 Å². The van der Waals surface area contributed by atoms with Crippen LogP contribution in [0.3, 0.4) is 0 Å². The molecule has 3 rings (SSSR count). The van der Waals surface area contributed by atoms with Crippen molar-refractivity contribution in [2.24, 2.45) is 5.92 Å². The van der Waals surface area contributed by atoms with Gasteiger partial charge in [-0.25, -0.2) is 9.18 Å². The zero-order valence-corrected chi connectivity index (χ0v) is 12.1. The van der Waals surface area contributed by atoms with Crippen LogP contribution >= 0.6 is 0 Å². The number of rotatable bonds is 5. The Labute approximate surface area is 124 Å². The summed E-state index contributed by atoms with van der Waals surface area (Å²) >= 11 is 0. The smallest absolute Gasteiger partial charge is 0.336 e. The van der Waals surface area contributed by atoms with Crippen LogP contribution in [0.4, 0.5) is 4.39 Å². The first-order valence-corrected chi connectivity index (χ1v) is 7.58. The molecule has 1 aromatic carbocycles. The number of piperazine rings is 1. The Bertz CT molecular complexity index is 523. The van der Waals surface area contributed by atoms with Crippen molar-refractivity contribution >= 4 is 5.97 Å². The maximum absolute atomic E-state index is 13.2. The summed E-state index contributed by atoms with van der Waals surface area (Å²) in [5.41, 5.74) is 0.773. The van der Waals surface area contributed by atoms with Crippen molar-refractivity contribution in [3.05, 3.63) is 35.1 Å². The Kier molecular flexibility index (Phi) is 4.22. The number of hydrogen-bond acceptors (Lipinski definition) is 3. The van der Waals surface area contributed by atoms with Gasteiger partial charge in [0.1, 0.15) is 5.82 Å². The molecular formula is C16H21FN2O2. The molecule has 0 aromatic heterocycles. The minimum absolute atomic E-state index is 0.0791. The summed E-state index contributed by atoms with van der Waals surface area (Å²) in [5.74, 6) is -0.644. The molecule has 5 heteroatoms. The fourth-order valence-corrected chi connectivity index (χ4v) is 2.92. The molecule has 2 aliphatic rings. The number of benzene rings is 1. The minimum Gasteiger partial charge on any atom is -0.478 e. The van der Waals surface area contributed by atoms with E-state index in [-0.39, 0.29) is 5.56 Å². The summed E-state index contributed by atoms with van der Waals surface area (Å²) in [6.07, 6.45) is 2.75. The molecule has 2 fully saturated rings. The average Bonchev–Trinajstić information content (AvgIpc) is 3.27. The number of carbonyl (C=O) groups is 1. The van der Waals surface area contributed by atoms with E-state index in [4.69, 9.17) is 0 Å². The molecule has 1 aromatic rings. The van der Waals surface area contributed by atoms with E-state index in [1.165, 1.54) is 25.5 Å². The van der Waals surface area contributed by atoms with Gasteiger partial charge in [0, 0.05) is 39.3 Å². The summed E-state index contributed by atoms with van der Waals surface area (Å²) < 4.78 is 13.2. The van der Waals surface area contributed by atoms with E-state index < -0.39 is 11.8 Å². The highest BCUT2D eigenvalue weighted by molar-refractivity contribution is 5.89. The molecule has 1 aliphatic heterocycles. The first kappa shape index (κ1) is 14.5. The van der Waals surface area contributed by atoms with Gasteiger partial charge in [-0.3, -0.25) is 4.90 Å². The second-order valence-corrected chi connectivity index (χ2v) is 6.13. The lowest BCUT2D eigenvalue weighted by atomic mass is 10.1. The van der Waals surface area contributed by atoms with E-state index in [2.05, 4.69) is 9.80 Å². The first-order chi connectivity index (χ1) is 10.1. The molecule has 1 saturated heterocycles. The number of nitrogens with zero attached hydrogens (tertiary/aromatic N) is 2. The van der Waals surface area contributed by atoms with Crippen molar-refractivity contribution in [3.63, 3.8) is 0 Å². The monoisotopic (exact) mass is 292 g/mol. The number of carboxylic acid groups (broad SMARTS) is 1. The van der Waals surface area contributed by atoms with Gasteiger partial charge in [-0.15, -0.1) is 0 Å². The summed E-state index contributed by atoms with van der Waals surface area (Å²) in [4.78, 5) is 16.0. The Morgan fingerprint density at radius 1 is 1.19 bits per heavy atom. The maximum Gasteiger partial charge on any atom is 0.336 e. The zero-order valence-electron chi connectivity index (χ0n) is 12.1. The van der Waals surface area contributed by atoms with E-state index in [0.717, 1.165) is 38.2 Å². The highest BCUT2D eigenvalue weighted by Gasteiger charge is 2.26. The maximum atomic E-state index is 13.2. The van der Waals surface area contributed by atoms with Gasteiger partial charge >= 0.3 is 5.97 Å². The zero-order chi connectivity index (χ0) is 14.8. The summed E-state index contributed by atoms with van der Waals surface area (Å²) in [6, 6.07) is 4.04. The fourth-order valence-electron chi connectivity index (χ4n) is 2.92. The average molecular weight is 292 g/mol. The molecule has 114 valence electrons. The van der Waals surface area contributed by atoms with Crippen LogP contribution in [0.1, 0.15) is 28.8 Å². The molecule has 0 spiro atoms. The number of halogens is 1. The fraction of sp³-hybridized carbons (Fsp3) is 0.562. The molecule has 0 atom stereocenters. The predicted octanol–water partition coefficient (Wildman–Crippen LogP) is 2.05. The summed E-state index contributed by atoms with van der Waals surface area (Å²) in [6.45, 7) is 5.77. The van der Waals surface area contributed by atoms with Crippen LogP contribution < -0.4 is 0 Å². The van der Waals surface area contributed by atoms with Crippen LogP contribution in [0.2, 0.25) is 0 Å². The van der Waals surface area contributed by atoms with Crippen LogP contribution in [0.15, 0.2) is 18.2 Å². The molecule has 1 N–H and O–H groups in total. The third-order valence-electron chi connectivity index (χ3n) is 4.37. The quantitative estimate of drug-likeness (QED) is 0.902. The Balaban J connectivity index is 1.58. The Morgan fingerprint density at radius 2 is 1.86 bits per heavy atom. The van der Waals surface area contributed by atoms with Gasteiger partial charge in [0.25, 0.3) is 0 Å². The topological polar surface area (TPSA) is 43.8 Å². The number of carboxylic acids is 1. The van der Waals surface area contributed by atoms with Gasteiger partial charge in [0.15, 0.2) is 0 Å². The Morgan fingerprint density at radius 3 is 2.48 bits per heavy atom. The highest BCUT2D eigenvalue weighted by Crippen LogP contribution is 2.30. The second-order valence-electron chi connectivity index (χ2n) is 6.13. The molecule has 1 aliphatic carbocycles. The molecule has 1 saturated carbocycles. The largest absolute Gasteiger partial charge is 0.478 e. The van der Waals surface area contributed by atoms with Crippen molar-refractivity contribution in [1.29, 1.82) is 0 Å². The lowest BCUT2D eigenvalue weighted by Crippen LogP contribution is -2.46. The summed E-state index contributed by atoms with van der Waals surface area (Å²) in [5, 5.41) is 9.17. The molecule has 0 unspecified atom stereocenters. The SMILES string of the molecule is O=C(O)c1cc(F)ccc1CN1CCN(CC2CC2)CC1. The van der Waals surface area contributed by atoms with E-state index in [1.54, 1.807) is 6.07 Å². The molecule has 0 amide bonds. The van der Waals surface area contributed by atoms with Crippen molar-refractivity contribution < 1.29 is 14.3 Å². The standard InChI is InChI=1S/C16H21FN2O2/c17-14-4-3-13(15(9-14)16(20)21)11-19-7-5-18(6-8-19)10-12-1-2-12/h3-4,9,12H,1-2,5-8,10-11H2,(H,20,21).